The van der Waals surface area contributed by atoms with Crippen molar-refractivity contribution in [3.63, 3.8) is 0 Å². The van der Waals surface area contributed by atoms with Crippen LogP contribution in [-0.2, 0) is 11.3 Å². The number of hydrogen-bond acceptors (Lipinski definition) is 6. The van der Waals surface area contributed by atoms with Crippen LogP contribution < -0.4 is 4.74 Å². The van der Waals surface area contributed by atoms with Gasteiger partial charge in [-0.15, -0.1) is 0 Å². The Balaban J connectivity index is 1.79. The van der Waals surface area contributed by atoms with Gasteiger partial charge in [-0.05, 0) is 36.3 Å². The number of benzene rings is 2. The summed E-state index contributed by atoms with van der Waals surface area (Å²) in [5.74, 6) is 0.0385. The molecule has 3 rings (SSSR count). The van der Waals surface area contributed by atoms with E-state index in [4.69, 9.17) is 9.47 Å². The maximum Gasteiger partial charge on any atom is 0.340 e. The highest BCUT2D eigenvalue weighted by Gasteiger charge is 2.17. The smallest absolute Gasteiger partial charge is 0.340 e. The Morgan fingerprint density at radius 3 is 2.63 bits per heavy atom. The van der Waals surface area contributed by atoms with Gasteiger partial charge in [0.25, 0.3) is 5.69 Å². The van der Waals surface area contributed by atoms with E-state index in [9.17, 15) is 14.9 Å². The lowest BCUT2D eigenvalue weighted by atomic mass is 10.1. The summed E-state index contributed by atoms with van der Waals surface area (Å²) in [7, 11) is 0. The van der Waals surface area contributed by atoms with E-state index in [1.54, 1.807) is 19.1 Å². The van der Waals surface area contributed by atoms with Crippen molar-refractivity contribution >= 4 is 23.8 Å². The summed E-state index contributed by atoms with van der Waals surface area (Å²) in [5, 5.41) is 11.0. The van der Waals surface area contributed by atoms with Gasteiger partial charge in [-0.2, -0.15) is 0 Å². The molecule has 152 valence electrons. The Morgan fingerprint density at radius 1 is 1.10 bits per heavy atom. The third-order valence-corrected chi connectivity index (χ3v) is 4.15. The minimum absolute atomic E-state index is 0.0405. The highest BCUT2D eigenvalue weighted by atomic mass is 16.6. The number of esters is 1. The van der Waals surface area contributed by atoms with Crippen molar-refractivity contribution in [1.29, 1.82) is 0 Å². The number of carbonyl (C=O) groups is 1. The van der Waals surface area contributed by atoms with E-state index in [1.165, 1.54) is 6.07 Å². The standard InChI is InChI=1S/C23H20N2O5/c1-2-29-23(26)21-14-19(25(27)28)15-24-22(21)12-11-17-9-6-10-20(13-17)30-16-18-7-4-3-5-8-18/h3-15H,2,16H2,1H3/b12-11+. The van der Waals surface area contributed by atoms with E-state index < -0.39 is 10.9 Å². The fourth-order valence-electron chi connectivity index (χ4n) is 2.69. The van der Waals surface area contributed by atoms with Gasteiger partial charge in [0.05, 0.1) is 22.8 Å². The number of ether oxygens (including phenoxy) is 2. The van der Waals surface area contributed by atoms with Crippen molar-refractivity contribution < 1.29 is 19.2 Å². The molecule has 0 saturated carbocycles. The van der Waals surface area contributed by atoms with Crippen LogP contribution in [0.4, 0.5) is 5.69 Å². The molecule has 0 unspecified atom stereocenters. The monoisotopic (exact) mass is 404 g/mol. The van der Waals surface area contributed by atoms with Crippen LogP contribution in [0.5, 0.6) is 5.75 Å². The lowest BCUT2D eigenvalue weighted by Gasteiger charge is -2.07. The molecule has 0 radical (unpaired) electrons. The van der Waals surface area contributed by atoms with Crippen LogP contribution >= 0.6 is 0 Å². The molecule has 0 amide bonds. The van der Waals surface area contributed by atoms with E-state index in [2.05, 4.69) is 4.98 Å². The first-order valence-electron chi connectivity index (χ1n) is 9.33. The first-order valence-corrected chi connectivity index (χ1v) is 9.33. The Bertz CT molecular complexity index is 1060. The van der Waals surface area contributed by atoms with Crippen molar-refractivity contribution in [2.45, 2.75) is 13.5 Å². The summed E-state index contributed by atoms with van der Waals surface area (Å²) < 4.78 is 10.8. The van der Waals surface area contributed by atoms with Crippen LogP contribution in [0, 0.1) is 10.1 Å². The molecule has 0 saturated heterocycles. The second-order valence-electron chi connectivity index (χ2n) is 6.28. The second kappa shape index (κ2) is 9.97. The van der Waals surface area contributed by atoms with Crippen LogP contribution in [0.1, 0.15) is 34.1 Å². The second-order valence-corrected chi connectivity index (χ2v) is 6.28. The number of hydrogen-bond donors (Lipinski definition) is 0. The summed E-state index contributed by atoms with van der Waals surface area (Å²) in [5.41, 5.74) is 1.95. The van der Waals surface area contributed by atoms with Crippen molar-refractivity contribution in [2.75, 3.05) is 6.61 Å². The molecule has 0 aliphatic carbocycles. The number of aromatic nitrogens is 1. The summed E-state index contributed by atoms with van der Waals surface area (Å²) in [4.78, 5) is 26.7. The number of nitro groups is 1. The largest absolute Gasteiger partial charge is 0.489 e. The van der Waals surface area contributed by atoms with Gasteiger partial charge in [0.2, 0.25) is 0 Å². The molecule has 7 nitrogen and oxygen atoms in total. The maximum atomic E-state index is 12.2. The van der Waals surface area contributed by atoms with Gasteiger partial charge in [0.15, 0.2) is 0 Å². The predicted octanol–water partition coefficient (Wildman–Crippen LogP) is 4.92. The molecule has 0 fully saturated rings. The molecule has 30 heavy (non-hydrogen) atoms. The molecule has 1 heterocycles. The molecular formula is C23H20N2O5. The SMILES string of the molecule is CCOC(=O)c1cc([N+](=O)[O-])cnc1/C=C/c1cccc(OCc2ccccc2)c1. The van der Waals surface area contributed by atoms with Crippen LogP contribution in [0.15, 0.2) is 66.9 Å². The van der Waals surface area contributed by atoms with Gasteiger partial charge in [0.1, 0.15) is 18.6 Å². The lowest BCUT2D eigenvalue weighted by Crippen LogP contribution is -2.08. The van der Waals surface area contributed by atoms with E-state index in [1.807, 2.05) is 54.6 Å². The van der Waals surface area contributed by atoms with Crippen LogP contribution in [0.2, 0.25) is 0 Å². The lowest BCUT2D eigenvalue weighted by molar-refractivity contribution is -0.385. The molecule has 0 bridgehead atoms. The molecule has 0 spiro atoms. The normalized spacial score (nSPS) is 10.7. The van der Waals surface area contributed by atoms with Gasteiger partial charge in [-0.25, -0.2) is 9.78 Å². The third kappa shape index (κ3) is 5.51. The number of nitrogens with zero attached hydrogens (tertiary/aromatic N) is 2. The molecule has 3 aromatic rings. The first-order chi connectivity index (χ1) is 14.6. The number of pyridine rings is 1. The highest BCUT2D eigenvalue weighted by molar-refractivity contribution is 5.94. The van der Waals surface area contributed by atoms with Gasteiger partial charge < -0.3 is 9.47 Å². The van der Waals surface area contributed by atoms with E-state index in [0.29, 0.717) is 12.4 Å². The molecule has 0 aliphatic heterocycles. The maximum absolute atomic E-state index is 12.2. The zero-order chi connectivity index (χ0) is 21.3. The molecule has 0 atom stereocenters. The first kappa shape index (κ1) is 20.7. The number of carbonyl (C=O) groups excluding carboxylic acids is 1. The molecule has 2 aromatic carbocycles. The Kier molecular flexibility index (Phi) is 6.89. The average Bonchev–Trinajstić information content (AvgIpc) is 2.77. The van der Waals surface area contributed by atoms with E-state index in [0.717, 1.165) is 17.3 Å². The van der Waals surface area contributed by atoms with Crippen molar-refractivity contribution in [2.24, 2.45) is 0 Å². The molecule has 0 N–H and O–H groups in total. The van der Waals surface area contributed by atoms with Crippen LogP contribution in [0.25, 0.3) is 12.2 Å². The number of rotatable bonds is 8. The predicted molar refractivity (Wildman–Crippen MR) is 113 cm³/mol. The summed E-state index contributed by atoms with van der Waals surface area (Å²) in [6.07, 6.45) is 4.49. The summed E-state index contributed by atoms with van der Waals surface area (Å²) in [6, 6.07) is 18.4. The fraction of sp³-hybridized carbons (Fsp3) is 0.130. The molecule has 1 aromatic heterocycles. The molecular weight excluding hydrogens is 384 g/mol. The van der Waals surface area contributed by atoms with E-state index >= 15 is 0 Å². The highest BCUT2D eigenvalue weighted by Crippen LogP contribution is 2.20. The molecule has 7 heteroatoms. The van der Waals surface area contributed by atoms with Crippen LogP contribution in [-0.4, -0.2) is 22.5 Å². The van der Waals surface area contributed by atoms with E-state index in [-0.39, 0.29) is 23.6 Å². The van der Waals surface area contributed by atoms with Crippen molar-refractivity contribution in [1.82, 2.24) is 4.98 Å². The fourth-order valence-corrected chi connectivity index (χ4v) is 2.69. The average molecular weight is 404 g/mol. The van der Waals surface area contributed by atoms with Crippen molar-refractivity contribution in [3.8, 4) is 5.75 Å². The quantitative estimate of drug-likeness (QED) is 0.301. The molecule has 0 aliphatic rings. The Hall–Kier alpha value is -4.00. The minimum atomic E-state index is -0.659. The zero-order valence-corrected chi connectivity index (χ0v) is 16.4. The van der Waals surface area contributed by atoms with Gasteiger partial charge in [-0.3, -0.25) is 10.1 Å². The minimum Gasteiger partial charge on any atom is -0.489 e. The Morgan fingerprint density at radius 2 is 1.90 bits per heavy atom. The zero-order valence-electron chi connectivity index (χ0n) is 16.4. The topological polar surface area (TPSA) is 91.6 Å². The van der Waals surface area contributed by atoms with Gasteiger partial charge in [-0.1, -0.05) is 48.5 Å². The van der Waals surface area contributed by atoms with Crippen molar-refractivity contribution in [3.05, 3.63) is 99.4 Å². The Labute approximate surface area is 173 Å². The third-order valence-electron chi connectivity index (χ3n) is 4.15. The van der Waals surface area contributed by atoms with Crippen LogP contribution in [0.3, 0.4) is 0 Å². The van der Waals surface area contributed by atoms with Gasteiger partial charge >= 0.3 is 5.97 Å². The van der Waals surface area contributed by atoms with Gasteiger partial charge in [0, 0.05) is 6.07 Å². The summed E-state index contributed by atoms with van der Waals surface area (Å²) >= 11 is 0. The summed E-state index contributed by atoms with van der Waals surface area (Å²) in [6.45, 7) is 2.27.